The van der Waals surface area contributed by atoms with Gasteiger partial charge in [-0.15, -0.1) is 0 Å². The van der Waals surface area contributed by atoms with Crippen molar-refractivity contribution in [1.82, 2.24) is 9.80 Å². The van der Waals surface area contributed by atoms with Crippen LogP contribution in [0.1, 0.15) is 12.5 Å². The van der Waals surface area contributed by atoms with Gasteiger partial charge in [-0.1, -0.05) is 29.8 Å². The van der Waals surface area contributed by atoms with E-state index in [0.29, 0.717) is 28.9 Å². The van der Waals surface area contributed by atoms with Gasteiger partial charge in [0.05, 0.1) is 10.9 Å². The standard InChI is InChI=1S/C24H26N2O4/c1-17-3-5-19(6-4-17)22-16-30-23-15-20(7-8-21(23)24(22)28)29-14-13-25-9-11-26(12-10-25)18(2)27/h3-8,15-16H,9-14H2,1-2H3. The second-order valence-electron chi connectivity index (χ2n) is 7.70. The molecule has 2 heterocycles. The van der Waals surface area contributed by atoms with Gasteiger partial charge in [0.15, 0.2) is 5.43 Å². The summed E-state index contributed by atoms with van der Waals surface area (Å²) in [5.74, 6) is 0.810. The minimum absolute atomic E-state index is 0.0463. The predicted octanol–water partition coefficient (Wildman–Crippen LogP) is 3.31. The molecule has 1 amide bonds. The van der Waals surface area contributed by atoms with Crippen LogP contribution in [0.15, 0.2) is 57.9 Å². The molecule has 0 bridgehead atoms. The summed E-state index contributed by atoms with van der Waals surface area (Å²) < 4.78 is 11.6. The van der Waals surface area contributed by atoms with E-state index in [2.05, 4.69) is 4.90 Å². The van der Waals surface area contributed by atoms with Crippen LogP contribution in [0, 0.1) is 6.92 Å². The van der Waals surface area contributed by atoms with Gasteiger partial charge in [0.2, 0.25) is 5.91 Å². The Bertz CT molecular complexity index is 1100. The number of hydrogen-bond donors (Lipinski definition) is 0. The lowest BCUT2D eigenvalue weighted by atomic mass is 10.0. The lowest BCUT2D eigenvalue weighted by Gasteiger charge is -2.34. The monoisotopic (exact) mass is 406 g/mol. The number of hydrogen-bond acceptors (Lipinski definition) is 5. The molecule has 1 fully saturated rings. The largest absolute Gasteiger partial charge is 0.492 e. The van der Waals surface area contributed by atoms with E-state index in [0.717, 1.165) is 43.9 Å². The Morgan fingerprint density at radius 1 is 1.07 bits per heavy atom. The van der Waals surface area contributed by atoms with Crippen LogP contribution in [0.5, 0.6) is 5.75 Å². The third-order valence-corrected chi connectivity index (χ3v) is 5.60. The first kappa shape index (κ1) is 20.2. The summed E-state index contributed by atoms with van der Waals surface area (Å²) >= 11 is 0. The van der Waals surface area contributed by atoms with Crippen molar-refractivity contribution in [1.29, 1.82) is 0 Å². The van der Waals surface area contributed by atoms with Crippen molar-refractivity contribution in [3.8, 4) is 16.9 Å². The summed E-state index contributed by atoms with van der Waals surface area (Å²) in [5, 5.41) is 0.542. The van der Waals surface area contributed by atoms with Crippen LogP contribution < -0.4 is 10.2 Å². The molecule has 0 radical (unpaired) electrons. The Hall–Kier alpha value is -3.12. The van der Waals surface area contributed by atoms with Crippen molar-refractivity contribution in [2.75, 3.05) is 39.3 Å². The summed E-state index contributed by atoms with van der Waals surface area (Å²) in [5.41, 5.74) is 3.02. The van der Waals surface area contributed by atoms with E-state index in [4.69, 9.17) is 9.15 Å². The van der Waals surface area contributed by atoms with Crippen molar-refractivity contribution in [2.24, 2.45) is 0 Å². The highest BCUT2D eigenvalue weighted by molar-refractivity contribution is 5.82. The number of piperazine rings is 1. The molecule has 1 saturated heterocycles. The second kappa shape index (κ2) is 8.71. The smallest absolute Gasteiger partial charge is 0.219 e. The fraction of sp³-hybridized carbons (Fsp3) is 0.333. The first-order chi connectivity index (χ1) is 14.5. The SMILES string of the molecule is CC(=O)N1CCN(CCOc2ccc3c(=O)c(-c4ccc(C)cc4)coc3c2)CC1. The molecule has 1 aliphatic heterocycles. The summed E-state index contributed by atoms with van der Waals surface area (Å²) in [6.45, 7) is 8.20. The first-order valence-corrected chi connectivity index (χ1v) is 10.2. The molecule has 6 nitrogen and oxygen atoms in total. The molecule has 6 heteroatoms. The fourth-order valence-electron chi connectivity index (χ4n) is 3.71. The molecule has 0 saturated carbocycles. The molecule has 0 N–H and O–H groups in total. The quantitative estimate of drug-likeness (QED) is 0.651. The highest BCUT2D eigenvalue weighted by atomic mass is 16.5. The zero-order chi connectivity index (χ0) is 21.1. The Kier molecular flexibility index (Phi) is 5.86. The number of fused-ring (bicyclic) bond motifs is 1. The van der Waals surface area contributed by atoms with E-state index in [1.165, 1.54) is 6.26 Å². The van der Waals surface area contributed by atoms with Gasteiger partial charge >= 0.3 is 0 Å². The van der Waals surface area contributed by atoms with Gasteiger partial charge in [0.1, 0.15) is 24.2 Å². The number of carbonyl (C=O) groups is 1. The Morgan fingerprint density at radius 2 is 1.80 bits per heavy atom. The number of aryl methyl sites for hydroxylation is 1. The maximum Gasteiger partial charge on any atom is 0.219 e. The predicted molar refractivity (Wildman–Crippen MR) is 117 cm³/mol. The lowest BCUT2D eigenvalue weighted by Crippen LogP contribution is -2.48. The highest BCUT2D eigenvalue weighted by Gasteiger charge is 2.18. The third kappa shape index (κ3) is 4.39. The molecule has 2 aromatic carbocycles. The van der Waals surface area contributed by atoms with Crippen molar-refractivity contribution >= 4 is 16.9 Å². The lowest BCUT2D eigenvalue weighted by molar-refractivity contribution is -0.130. The number of amides is 1. The Labute approximate surface area is 175 Å². The average molecular weight is 406 g/mol. The maximum atomic E-state index is 12.9. The van der Waals surface area contributed by atoms with Gasteiger partial charge in [-0.3, -0.25) is 14.5 Å². The molecule has 4 rings (SSSR count). The van der Waals surface area contributed by atoms with Gasteiger partial charge in [0, 0.05) is 45.7 Å². The number of carbonyl (C=O) groups excluding carboxylic acids is 1. The van der Waals surface area contributed by atoms with Crippen molar-refractivity contribution in [3.63, 3.8) is 0 Å². The minimum Gasteiger partial charge on any atom is -0.492 e. The molecular weight excluding hydrogens is 380 g/mol. The summed E-state index contributed by atoms with van der Waals surface area (Å²) in [6, 6.07) is 13.2. The van der Waals surface area contributed by atoms with E-state index in [-0.39, 0.29) is 11.3 Å². The zero-order valence-electron chi connectivity index (χ0n) is 17.4. The number of benzene rings is 2. The minimum atomic E-state index is -0.0463. The normalized spacial score (nSPS) is 14.8. The molecule has 0 aliphatic carbocycles. The van der Waals surface area contributed by atoms with E-state index in [9.17, 15) is 9.59 Å². The average Bonchev–Trinajstić information content (AvgIpc) is 2.75. The summed E-state index contributed by atoms with van der Waals surface area (Å²) in [4.78, 5) is 28.4. The molecule has 156 valence electrons. The molecule has 1 aromatic heterocycles. The van der Waals surface area contributed by atoms with Crippen LogP contribution in [0.25, 0.3) is 22.1 Å². The number of nitrogens with zero attached hydrogens (tertiary/aromatic N) is 2. The summed E-state index contributed by atoms with van der Waals surface area (Å²) in [7, 11) is 0. The molecule has 30 heavy (non-hydrogen) atoms. The number of ether oxygens (including phenoxy) is 1. The van der Waals surface area contributed by atoms with Crippen LogP contribution in [0.2, 0.25) is 0 Å². The van der Waals surface area contributed by atoms with Crippen molar-refractivity contribution in [2.45, 2.75) is 13.8 Å². The van der Waals surface area contributed by atoms with Crippen LogP contribution in [0.4, 0.5) is 0 Å². The van der Waals surface area contributed by atoms with Crippen molar-refractivity contribution in [3.05, 3.63) is 64.5 Å². The molecule has 1 aliphatic rings. The third-order valence-electron chi connectivity index (χ3n) is 5.60. The van der Waals surface area contributed by atoms with Gasteiger partial charge in [-0.05, 0) is 24.6 Å². The molecule has 0 spiro atoms. The Balaban J connectivity index is 1.40. The van der Waals surface area contributed by atoms with Crippen molar-refractivity contribution < 1.29 is 13.9 Å². The van der Waals surface area contributed by atoms with E-state index in [1.807, 2.05) is 42.2 Å². The first-order valence-electron chi connectivity index (χ1n) is 10.2. The molecular formula is C24H26N2O4. The molecule has 0 unspecified atom stereocenters. The Morgan fingerprint density at radius 3 is 2.50 bits per heavy atom. The van der Waals surface area contributed by atoms with E-state index >= 15 is 0 Å². The topological polar surface area (TPSA) is 63.0 Å². The second-order valence-corrected chi connectivity index (χ2v) is 7.70. The van der Waals surface area contributed by atoms with Gasteiger partial charge < -0.3 is 14.1 Å². The van der Waals surface area contributed by atoms with Crippen LogP contribution in [0.3, 0.4) is 0 Å². The fourth-order valence-corrected chi connectivity index (χ4v) is 3.71. The van der Waals surface area contributed by atoms with E-state index in [1.54, 1.807) is 19.1 Å². The molecule has 3 aromatic rings. The summed E-state index contributed by atoms with van der Waals surface area (Å²) in [6.07, 6.45) is 1.52. The number of rotatable bonds is 5. The zero-order valence-corrected chi connectivity index (χ0v) is 17.4. The van der Waals surface area contributed by atoms with Crippen LogP contribution in [-0.4, -0.2) is 55.0 Å². The van der Waals surface area contributed by atoms with Crippen LogP contribution >= 0.6 is 0 Å². The molecule has 0 atom stereocenters. The highest BCUT2D eigenvalue weighted by Crippen LogP contribution is 2.23. The van der Waals surface area contributed by atoms with Gasteiger partial charge in [-0.25, -0.2) is 0 Å². The maximum absolute atomic E-state index is 12.9. The van der Waals surface area contributed by atoms with Crippen LogP contribution in [-0.2, 0) is 4.79 Å². The van der Waals surface area contributed by atoms with Gasteiger partial charge in [0.25, 0.3) is 0 Å². The van der Waals surface area contributed by atoms with E-state index < -0.39 is 0 Å². The van der Waals surface area contributed by atoms with Gasteiger partial charge in [-0.2, -0.15) is 0 Å².